The number of aromatic nitrogens is 2. The highest BCUT2D eigenvalue weighted by atomic mass is 16.4. The molecule has 1 aromatic rings. The maximum absolute atomic E-state index is 11.8. The first kappa shape index (κ1) is 14.0. The second kappa shape index (κ2) is 6.63. The van der Waals surface area contributed by atoms with Crippen LogP contribution in [0.4, 0.5) is 4.79 Å². The maximum atomic E-state index is 11.8. The topological polar surface area (TPSA) is 98.3 Å². The molecule has 7 nitrogen and oxygen atoms in total. The monoisotopic (exact) mass is 254 g/mol. The van der Waals surface area contributed by atoms with E-state index in [2.05, 4.69) is 15.3 Å². The van der Waals surface area contributed by atoms with Crippen LogP contribution in [0.3, 0.4) is 0 Å². The predicted octanol–water partition coefficient (Wildman–Crippen LogP) is 0.804. The summed E-state index contributed by atoms with van der Waals surface area (Å²) < 4.78 is 0. The van der Waals surface area contributed by atoms with E-state index in [0.29, 0.717) is 18.8 Å². The zero-order valence-electron chi connectivity index (χ0n) is 10.5. The third-order valence-electron chi connectivity index (χ3n) is 2.45. The van der Waals surface area contributed by atoms with Gasteiger partial charge in [-0.05, 0) is 13.3 Å². The lowest BCUT2D eigenvalue weighted by Crippen LogP contribution is -2.41. The van der Waals surface area contributed by atoms with E-state index in [-0.39, 0.29) is 18.5 Å². The Bertz CT molecular complexity index is 391. The van der Waals surface area contributed by atoms with Crippen molar-refractivity contribution >= 4 is 12.0 Å². The molecule has 0 saturated carbocycles. The summed E-state index contributed by atoms with van der Waals surface area (Å²) in [5, 5.41) is 11.3. The van der Waals surface area contributed by atoms with Crippen molar-refractivity contribution in [2.45, 2.75) is 32.4 Å². The summed E-state index contributed by atoms with van der Waals surface area (Å²) in [5.74, 6) is -0.161. The molecule has 0 bridgehead atoms. The van der Waals surface area contributed by atoms with Gasteiger partial charge in [0.1, 0.15) is 5.82 Å². The van der Waals surface area contributed by atoms with Gasteiger partial charge < -0.3 is 20.3 Å². The molecule has 1 atom stereocenters. The standard InChI is InChI=1S/C11H18N4O3/c1-8(3-4-10(16)17)14-11(18)15(2)7-9-12-5-6-13-9/h5-6,8H,3-4,7H2,1-2H3,(H,12,13)(H,14,18)(H,16,17). The minimum Gasteiger partial charge on any atom is -0.481 e. The van der Waals surface area contributed by atoms with Crippen molar-refractivity contribution in [2.24, 2.45) is 0 Å². The van der Waals surface area contributed by atoms with Crippen LogP contribution in [0.1, 0.15) is 25.6 Å². The van der Waals surface area contributed by atoms with Gasteiger partial charge in [0.05, 0.1) is 6.54 Å². The molecule has 0 spiro atoms. The number of rotatable bonds is 6. The Hall–Kier alpha value is -2.05. The number of hydrogen-bond acceptors (Lipinski definition) is 3. The minimum absolute atomic E-state index is 0.0450. The first-order valence-corrected chi connectivity index (χ1v) is 5.70. The van der Waals surface area contributed by atoms with Crippen LogP contribution in [-0.4, -0.2) is 45.1 Å². The van der Waals surface area contributed by atoms with Gasteiger partial charge >= 0.3 is 12.0 Å². The van der Waals surface area contributed by atoms with E-state index < -0.39 is 5.97 Å². The van der Waals surface area contributed by atoms with Gasteiger partial charge in [-0.1, -0.05) is 0 Å². The van der Waals surface area contributed by atoms with E-state index in [4.69, 9.17) is 5.11 Å². The number of imidazole rings is 1. The van der Waals surface area contributed by atoms with Gasteiger partial charge in [0, 0.05) is 31.9 Å². The molecule has 1 heterocycles. The molecule has 1 rings (SSSR count). The van der Waals surface area contributed by atoms with Gasteiger partial charge in [0.25, 0.3) is 0 Å². The molecule has 0 aromatic carbocycles. The van der Waals surface area contributed by atoms with Crippen LogP contribution >= 0.6 is 0 Å². The molecule has 0 saturated heterocycles. The molecule has 3 N–H and O–H groups in total. The van der Waals surface area contributed by atoms with Crippen molar-refractivity contribution in [3.05, 3.63) is 18.2 Å². The van der Waals surface area contributed by atoms with Gasteiger partial charge in [-0.3, -0.25) is 4.79 Å². The lowest BCUT2D eigenvalue weighted by atomic mass is 10.2. The fourth-order valence-electron chi connectivity index (χ4n) is 1.41. The van der Waals surface area contributed by atoms with Crippen molar-refractivity contribution in [1.82, 2.24) is 20.2 Å². The smallest absolute Gasteiger partial charge is 0.317 e. The second-order valence-electron chi connectivity index (χ2n) is 4.17. The Kier molecular flexibility index (Phi) is 5.16. The zero-order chi connectivity index (χ0) is 13.5. The fraction of sp³-hybridized carbons (Fsp3) is 0.545. The summed E-state index contributed by atoms with van der Waals surface area (Å²) in [6, 6.07) is -0.420. The minimum atomic E-state index is -0.861. The van der Waals surface area contributed by atoms with Crippen LogP contribution in [0.5, 0.6) is 0 Å². The van der Waals surface area contributed by atoms with Crippen LogP contribution in [0.15, 0.2) is 12.4 Å². The Labute approximate surface area is 105 Å². The second-order valence-corrected chi connectivity index (χ2v) is 4.17. The largest absolute Gasteiger partial charge is 0.481 e. The Morgan fingerprint density at radius 2 is 2.33 bits per heavy atom. The van der Waals surface area contributed by atoms with Gasteiger partial charge in [0.15, 0.2) is 0 Å². The van der Waals surface area contributed by atoms with Gasteiger partial charge in [-0.25, -0.2) is 9.78 Å². The van der Waals surface area contributed by atoms with E-state index in [9.17, 15) is 9.59 Å². The first-order valence-electron chi connectivity index (χ1n) is 5.70. The van der Waals surface area contributed by atoms with Gasteiger partial charge in [-0.2, -0.15) is 0 Å². The molecule has 100 valence electrons. The number of aliphatic carboxylic acids is 1. The number of urea groups is 1. The summed E-state index contributed by atoms with van der Waals surface area (Å²) in [7, 11) is 1.65. The van der Waals surface area contributed by atoms with Crippen molar-refractivity contribution in [2.75, 3.05) is 7.05 Å². The molecule has 1 unspecified atom stereocenters. The number of nitrogens with zero attached hydrogens (tertiary/aromatic N) is 2. The number of aromatic amines is 1. The molecule has 0 aliphatic heterocycles. The summed E-state index contributed by atoms with van der Waals surface area (Å²) >= 11 is 0. The van der Waals surface area contributed by atoms with Gasteiger partial charge in [-0.15, -0.1) is 0 Å². The molecule has 18 heavy (non-hydrogen) atoms. The van der Waals surface area contributed by atoms with Crippen LogP contribution in [0, 0.1) is 0 Å². The molecular formula is C11H18N4O3. The summed E-state index contributed by atoms with van der Waals surface area (Å²) in [6.07, 6.45) is 3.77. The average molecular weight is 254 g/mol. The van der Waals surface area contributed by atoms with Crippen molar-refractivity contribution in [3.63, 3.8) is 0 Å². The molecule has 7 heteroatoms. The first-order chi connectivity index (χ1) is 8.49. The number of carboxylic acids is 1. The Morgan fingerprint density at radius 3 is 2.89 bits per heavy atom. The predicted molar refractivity (Wildman–Crippen MR) is 64.9 cm³/mol. The average Bonchev–Trinajstić information content (AvgIpc) is 2.79. The van der Waals surface area contributed by atoms with Crippen LogP contribution in [-0.2, 0) is 11.3 Å². The number of nitrogens with one attached hydrogen (secondary N) is 2. The van der Waals surface area contributed by atoms with Crippen molar-refractivity contribution < 1.29 is 14.7 Å². The summed E-state index contributed by atoms with van der Waals surface area (Å²) in [5.41, 5.74) is 0. The Balaban J connectivity index is 2.33. The quantitative estimate of drug-likeness (QED) is 0.699. The molecule has 0 aliphatic carbocycles. The lowest BCUT2D eigenvalue weighted by Gasteiger charge is -2.20. The lowest BCUT2D eigenvalue weighted by molar-refractivity contribution is -0.137. The molecular weight excluding hydrogens is 236 g/mol. The fourth-order valence-corrected chi connectivity index (χ4v) is 1.41. The highest BCUT2D eigenvalue weighted by Gasteiger charge is 2.13. The van der Waals surface area contributed by atoms with E-state index in [1.54, 1.807) is 26.4 Å². The number of carboxylic acid groups (broad SMARTS) is 1. The van der Waals surface area contributed by atoms with E-state index in [1.807, 2.05) is 0 Å². The molecule has 1 aromatic heterocycles. The number of amides is 2. The van der Waals surface area contributed by atoms with Crippen LogP contribution in [0.2, 0.25) is 0 Å². The highest BCUT2D eigenvalue weighted by Crippen LogP contribution is 2.00. The third-order valence-corrected chi connectivity index (χ3v) is 2.45. The molecule has 0 aliphatic rings. The number of hydrogen-bond donors (Lipinski definition) is 3. The number of carbonyl (C=O) groups is 2. The molecule has 2 amide bonds. The summed E-state index contributed by atoms with van der Waals surface area (Å²) in [6.45, 7) is 2.16. The maximum Gasteiger partial charge on any atom is 0.317 e. The third kappa shape index (κ3) is 4.86. The number of carbonyl (C=O) groups excluding carboxylic acids is 1. The van der Waals surface area contributed by atoms with Gasteiger partial charge in [0.2, 0.25) is 0 Å². The SMILES string of the molecule is CC(CCC(=O)O)NC(=O)N(C)Cc1ncc[nH]1. The van der Waals surface area contributed by atoms with Crippen molar-refractivity contribution in [3.8, 4) is 0 Å². The van der Waals surface area contributed by atoms with E-state index >= 15 is 0 Å². The zero-order valence-corrected chi connectivity index (χ0v) is 10.5. The molecule has 0 radical (unpaired) electrons. The summed E-state index contributed by atoms with van der Waals surface area (Å²) in [4.78, 5) is 30.6. The van der Waals surface area contributed by atoms with E-state index in [0.717, 1.165) is 0 Å². The number of H-pyrrole nitrogens is 1. The Morgan fingerprint density at radius 1 is 1.61 bits per heavy atom. The van der Waals surface area contributed by atoms with Crippen molar-refractivity contribution in [1.29, 1.82) is 0 Å². The van der Waals surface area contributed by atoms with Crippen LogP contribution in [0.25, 0.3) is 0 Å². The highest BCUT2D eigenvalue weighted by molar-refractivity contribution is 5.74. The normalized spacial score (nSPS) is 11.9. The molecule has 0 fully saturated rings. The van der Waals surface area contributed by atoms with Crippen LogP contribution < -0.4 is 5.32 Å². The van der Waals surface area contributed by atoms with E-state index in [1.165, 1.54) is 4.90 Å².